The van der Waals surface area contributed by atoms with Gasteiger partial charge in [0.1, 0.15) is 6.61 Å². The third-order valence-electron chi connectivity index (χ3n) is 2.61. The molecule has 100 valence electrons. The summed E-state index contributed by atoms with van der Waals surface area (Å²) in [4.78, 5) is 18.8. The van der Waals surface area contributed by atoms with Crippen LogP contribution < -0.4 is 4.74 Å². The molecule has 0 amide bonds. The van der Waals surface area contributed by atoms with Crippen LogP contribution in [0.5, 0.6) is 5.75 Å². The van der Waals surface area contributed by atoms with Crippen molar-refractivity contribution in [3.05, 3.63) is 42.2 Å². The van der Waals surface area contributed by atoms with Crippen molar-refractivity contribution in [3.63, 3.8) is 0 Å². The molecule has 0 fully saturated rings. The minimum atomic E-state index is -1.10. The molecule has 0 bridgehead atoms. The summed E-state index contributed by atoms with van der Waals surface area (Å²) in [5.41, 5.74) is 0.825. The quantitative estimate of drug-likeness (QED) is 0.860. The molecular formula is C13H15N3O3. The highest BCUT2D eigenvalue weighted by Crippen LogP contribution is 2.17. The fraction of sp³-hybridized carbons (Fsp3) is 0.308. The summed E-state index contributed by atoms with van der Waals surface area (Å²) in [6.45, 7) is 3.21. The van der Waals surface area contributed by atoms with Crippen LogP contribution in [0.3, 0.4) is 0 Å². The Morgan fingerprint density at radius 2 is 2.37 bits per heavy atom. The molecule has 0 saturated heterocycles. The van der Waals surface area contributed by atoms with E-state index in [-0.39, 0.29) is 18.1 Å². The molecule has 0 saturated carbocycles. The lowest BCUT2D eigenvalue weighted by Gasteiger charge is -2.10. The second-order valence-corrected chi connectivity index (χ2v) is 4.02. The van der Waals surface area contributed by atoms with Crippen LogP contribution in [0.2, 0.25) is 0 Å². The number of hydrogen-bond acceptors (Lipinski definition) is 4. The Balaban J connectivity index is 2.10. The lowest BCUT2D eigenvalue weighted by Crippen LogP contribution is -2.08. The van der Waals surface area contributed by atoms with Gasteiger partial charge >= 0.3 is 5.97 Å². The summed E-state index contributed by atoms with van der Waals surface area (Å²) in [6, 6.07) is 3.24. The maximum absolute atomic E-state index is 11.0. The van der Waals surface area contributed by atoms with E-state index in [0.29, 0.717) is 0 Å². The van der Waals surface area contributed by atoms with E-state index >= 15 is 0 Å². The Kier molecular flexibility index (Phi) is 4.12. The van der Waals surface area contributed by atoms with Crippen molar-refractivity contribution < 1.29 is 14.6 Å². The van der Waals surface area contributed by atoms with Crippen molar-refractivity contribution in [2.24, 2.45) is 0 Å². The highest BCUT2D eigenvalue weighted by molar-refractivity contribution is 5.88. The Bertz CT molecular complexity index is 566. The van der Waals surface area contributed by atoms with Crippen molar-refractivity contribution in [2.75, 3.05) is 0 Å². The zero-order valence-corrected chi connectivity index (χ0v) is 10.6. The average Bonchev–Trinajstić information content (AvgIpc) is 2.84. The minimum Gasteiger partial charge on any atom is -0.485 e. The molecule has 2 rings (SSSR count). The first kappa shape index (κ1) is 13.1. The van der Waals surface area contributed by atoms with Gasteiger partial charge in [0.15, 0.2) is 11.4 Å². The third kappa shape index (κ3) is 3.09. The van der Waals surface area contributed by atoms with Gasteiger partial charge in [0.05, 0.1) is 18.2 Å². The second-order valence-electron chi connectivity index (χ2n) is 4.02. The highest BCUT2D eigenvalue weighted by atomic mass is 16.5. The van der Waals surface area contributed by atoms with Gasteiger partial charge in [-0.15, -0.1) is 0 Å². The van der Waals surface area contributed by atoms with Crippen molar-refractivity contribution in [1.29, 1.82) is 0 Å². The van der Waals surface area contributed by atoms with Crippen molar-refractivity contribution in [3.8, 4) is 5.75 Å². The lowest BCUT2D eigenvalue weighted by atomic mass is 10.3. The summed E-state index contributed by atoms with van der Waals surface area (Å²) in [5.74, 6) is -0.836. The van der Waals surface area contributed by atoms with E-state index in [9.17, 15) is 4.79 Å². The van der Waals surface area contributed by atoms with Gasteiger partial charge < -0.3 is 14.4 Å². The van der Waals surface area contributed by atoms with Gasteiger partial charge in [-0.25, -0.2) is 14.8 Å². The smallest absolute Gasteiger partial charge is 0.358 e. The Morgan fingerprint density at radius 1 is 1.53 bits per heavy atom. The normalized spacial score (nSPS) is 10.4. The molecule has 0 unspecified atom stereocenters. The Hall–Kier alpha value is -2.37. The number of carboxylic acid groups (broad SMARTS) is 1. The zero-order chi connectivity index (χ0) is 13.7. The van der Waals surface area contributed by atoms with Gasteiger partial charge in [0.2, 0.25) is 0 Å². The number of aryl methyl sites for hydroxylation is 1. The van der Waals surface area contributed by atoms with Crippen LogP contribution in [0.15, 0.2) is 30.9 Å². The molecular weight excluding hydrogens is 246 g/mol. The molecule has 2 aromatic heterocycles. The maximum Gasteiger partial charge on any atom is 0.358 e. The molecule has 0 aliphatic rings. The van der Waals surface area contributed by atoms with E-state index in [0.717, 1.165) is 18.7 Å². The first-order valence-electron chi connectivity index (χ1n) is 6.02. The summed E-state index contributed by atoms with van der Waals surface area (Å²) in [7, 11) is 0. The van der Waals surface area contributed by atoms with Gasteiger partial charge in [0, 0.05) is 12.7 Å². The van der Waals surface area contributed by atoms with Crippen LogP contribution in [-0.2, 0) is 13.2 Å². The van der Waals surface area contributed by atoms with Gasteiger partial charge in [-0.1, -0.05) is 6.92 Å². The number of carboxylic acids is 1. The van der Waals surface area contributed by atoms with E-state index in [2.05, 4.69) is 16.9 Å². The summed E-state index contributed by atoms with van der Waals surface area (Å²) in [5, 5.41) is 9.00. The van der Waals surface area contributed by atoms with E-state index < -0.39 is 5.97 Å². The minimum absolute atomic E-state index is 0.0796. The molecule has 0 aliphatic carbocycles. The number of hydrogen-bond donors (Lipinski definition) is 1. The fourth-order valence-electron chi connectivity index (χ4n) is 1.73. The molecule has 2 aromatic rings. The number of aromatic carboxylic acids is 1. The lowest BCUT2D eigenvalue weighted by molar-refractivity contribution is 0.0684. The largest absolute Gasteiger partial charge is 0.485 e. The number of rotatable bonds is 6. The second kappa shape index (κ2) is 5.99. The number of pyridine rings is 1. The SMILES string of the molecule is CCCn1cncc1COc1cccnc1C(=O)O. The standard InChI is InChI=1S/C13H15N3O3/c1-2-6-16-9-14-7-10(16)8-19-11-4-3-5-15-12(11)13(17)18/h3-5,7,9H,2,6,8H2,1H3,(H,17,18). The van der Waals surface area contributed by atoms with Crippen LogP contribution in [0.4, 0.5) is 0 Å². The number of nitrogens with zero attached hydrogens (tertiary/aromatic N) is 3. The first-order chi connectivity index (χ1) is 9.22. The summed E-state index contributed by atoms with van der Waals surface area (Å²) < 4.78 is 7.51. The van der Waals surface area contributed by atoms with Crippen molar-refractivity contribution in [1.82, 2.24) is 14.5 Å². The van der Waals surface area contributed by atoms with Crippen molar-refractivity contribution in [2.45, 2.75) is 26.5 Å². The predicted octanol–water partition coefficient (Wildman–Crippen LogP) is 1.97. The molecule has 0 aliphatic heterocycles. The summed E-state index contributed by atoms with van der Waals surface area (Å²) >= 11 is 0. The number of imidazole rings is 1. The van der Waals surface area contributed by atoms with Crippen LogP contribution in [0.25, 0.3) is 0 Å². The Labute approximate surface area is 110 Å². The van der Waals surface area contributed by atoms with Crippen LogP contribution in [0.1, 0.15) is 29.5 Å². The zero-order valence-electron chi connectivity index (χ0n) is 10.6. The van der Waals surface area contributed by atoms with E-state index in [4.69, 9.17) is 9.84 Å². The number of carbonyl (C=O) groups is 1. The summed E-state index contributed by atoms with van der Waals surface area (Å²) in [6.07, 6.45) is 5.88. The van der Waals surface area contributed by atoms with Gasteiger partial charge in [-0.2, -0.15) is 0 Å². The van der Waals surface area contributed by atoms with Crippen LogP contribution in [-0.4, -0.2) is 25.6 Å². The maximum atomic E-state index is 11.0. The van der Waals surface area contributed by atoms with E-state index in [1.54, 1.807) is 24.7 Å². The molecule has 1 N–H and O–H groups in total. The van der Waals surface area contributed by atoms with Crippen molar-refractivity contribution >= 4 is 5.97 Å². The van der Waals surface area contributed by atoms with Crippen LogP contribution in [0, 0.1) is 0 Å². The highest BCUT2D eigenvalue weighted by Gasteiger charge is 2.12. The molecule has 0 spiro atoms. The fourth-order valence-corrected chi connectivity index (χ4v) is 1.73. The topological polar surface area (TPSA) is 77.2 Å². The van der Waals surface area contributed by atoms with Gasteiger partial charge in [-0.3, -0.25) is 0 Å². The number of ether oxygens (including phenoxy) is 1. The van der Waals surface area contributed by atoms with E-state index in [1.165, 1.54) is 6.20 Å². The molecule has 0 atom stereocenters. The molecule has 0 radical (unpaired) electrons. The Morgan fingerprint density at radius 3 is 3.11 bits per heavy atom. The monoisotopic (exact) mass is 261 g/mol. The van der Waals surface area contributed by atoms with E-state index in [1.807, 2.05) is 4.57 Å². The molecule has 0 aromatic carbocycles. The average molecular weight is 261 g/mol. The van der Waals surface area contributed by atoms with Crippen LogP contribution >= 0.6 is 0 Å². The third-order valence-corrected chi connectivity index (χ3v) is 2.61. The molecule has 2 heterocycles. The molecule has 19 heavy (non-hydrogen) atoms. The van der Waals surface area contributed by atoms with Gasteiger partial charge in [-0.05, 0) is 18.6 Å². The first-order valence-corrected chi connectivity index (χ1v) is 6.02. The molecule has 6 heteroatoms. The molecule has 6 nitrogen and oxygen atoms in total. The predicted molar refractivity (Wildman–Crippen MR) is 68.0 cm³/mol. The van der Waals surface area contributed by atoms with Gasteiger partial charge in [0.25, 0.3) is 0 Å². The number of aromatic nitrogens is 3.